The van der Waals surface area contributed by atoms with E-state index in [9.17, 15) is 9.59 Å². The second kappa shape index (κ2) is 4.41. The number of hydrazine groups is 1. The Labute approximate surface area is 83.3 Å². The lowest BCUT2D eigenvalue weighted by Gasteiger charge is -2.40. The first-order valence-corrected chi connectivity index (χ1v) is 4.81. The van der Waals surface area contributed by atoms with Gasteiger partial charge in [-0.1, -0.05) is 0 Å². The van der Waals surface area contributed by atoms with Crippen molar-refractivity contribution in [3.05, 3.63) is 0 Å². The maximum Gasteiger partial charge on any atom is 0.324 e. The van der Waals surface area contributed by atoms with Gasteiger partial charge < -0.3 is 5.11 Å². The lowest BCUT2D eigenvalue weighted by atomic mass is 10.2. The summed E-state index contributed by atoms with van der Waals surface area (Å²) >= 11 is 0. The molecule has 0 saturated carbocycles. The maximum absolute atomic E-state index is 11.5. The van der Waals surface area contributed by atoms with Crippen LogP contribution in [0.1, 0.15) is 26.7 Å². The van der Waals surface area contributed by atoms with E-state index >= 15 is 0 Å². The monoisotopic (exact) mass is 200 g/mol. The van der Waals surface area contributed by atoms with Gasteiger partial charge in [0, 0.05) is 19.0 Å². The van der Waals surface area contributed by atoms with Gasteiger partial charge >= 0.3 is 5.97 Å². The zero-order chi connectivity index (χ0) is 10.7. The summed E-state index contributed by atoms with van der Waals surface area (Å²) in [6.45, 7) is 4.44. The van der Waals surface area contributed by atoms with Crippen molar-refractivity contribution in [1.29, 1.82) is 0 Å². The highest BCUT2D eigenvalue weighted by molar-refractivity contribution is 5.81. The van der Waals surface area contributed by atoms with Crippen molar-refractivity contribution in [2.24, 2.45) is 0 Å². The number of carboxylic acid groups (broad SMARTS) is 1. The first-order valence-electron chi connectivity index (χ1n) is 4.81. The molecular weight excluding hydrogens is 184 g/mol. The van der Waals surface area contributed by atoms with Crippen molar-refractivity contribution in [2.75, 3.05) is 13.1 Å². The molecule has 0 spiro atoms. The van der Waals surface area contributed by atoms with Crippen molar-refractivity contribution in [1.82, 2.24) is 10.0 Å². The van der Waals surface area contributed by atoms with Crippen LogP contribution >= 0.6 is 0 Å². The van der Waals surface area contributed by atoms with E-state index in [-0.39, 0.29) is 18.5 Å². The molecule has 1 amide bonds. The molecule has 14 heavy (non-hydrogen) atoms. The van der Waals surface area contributed by atoms with Crippen molar-refractivity contribution < 1.29 is 14.7 Å². The van der Waals surface area contributed by atoms with Gasteiger partial charge in [-0.3, -0.25) is 14.6 Å². The van der Waals surface area contributed by atoms with E-state index in [0.29, 0.717) is 6.42 Å². The Morgan fingerprint density at radius 1 is 1.57 bits per heavy atom. The van der Waals surface area contributed by atoms with Crippen LogP contribution in [0.2, 0.25) is 0 Å². The highest BCUT2D eigenvalue weighted by atomic mass is 16.4. The largest absolute Gasteiger partial charge is 0.480 e. The highest BCUT2D eigenvalue weighted by Crippen LogP contribution is 2.14. The lowest BCUT2D eigenvalue weighted by Crippen LogP contribution is -2.55. The van der Waals surface area contributed by atoms with E-state index in [1.165, 1.54) is 5.01 Å². The average molecular weight is 200 g/mol. The third-order valence-electron chi connectivity index (χ3n) is 2.26. The van der Waals surface area contributed by atoms with Crippen molar-refractivity contribution >= 4 is 11.9 Å². The first-order chi connectivity index (χ1) is 6.52. The summed E-state index contributed by atoms with van der Waals surface area (Å²) in [6.07, 6.45) is 1.27. The molecule has 1 rings (SSSR count). The number of carbonyl (C=O) groups excluding carboxylic acids is 1. The number of hydrogen-bond acceptors (Lipinski definition) is 3. The topological polar surface area (TPSA) is 60.9 Å². The van der Waals surface area contributed by atoms with Crippen LogP contribution < -0.4 is 0 Å². The van der Waals surface area contributed by atoms with Gasteiger partial charge in [0.15, 0.2) is 0 Å². The smallest absolute Gasteiger partial charge is 0.324 e. The normalized spacial score (nSPS) is 19.1. The molecule has 0 radical (unpaired) electrons. The number of nitrogens with zero attached hydrogens (tertiary/aromatic N) is 2. The van der Waals surface area contributed by atoms with Gasteiger partial charge in [0.25, 0.3) is 0 Å². The Kier molecular flexibility index (Phi) is 3.46. The van der Waals surface area contributed by atoms with Crippen LogP contribution in [-0.4, -0.2) is 46.1 Å². The van der Waals surface area contributed by atoms with Gasteiger partial charge in [-0.15, -0.1) is 0 Å². The molecular formula is C9H16N2O3. The van der Waals surface area contributed by atoms with E-state index < -0.39 is 5.97 Å². The molecule has 5 heteroatoms. The van der Waals surface area contributed by atoms with Gasteiger partial charge in [-0.2, -0.15) is 0 Å². The Bertz CT molecular complexity index is 240. The molecule has 0 aromatic carbocycles. The van der Waals surface area contributed by atoms with E-state index in [2.05, 4.69) is 0 Å². The van der Waals surface area contributed by atoms with Crippen LogP contribution in [0.3, 0.4) is 0 Å². The van der Waals surface area contributed by atoms with Gasteiger partial charge in [0.1, 0.15) is 6.54 Å². The number of carbonyl (C=O) groups is 2. The van der Waals surface area contributed by atoms with Gasteiger partial charge in [0.05, 0.1) is 0 Å². The molecule has 0 unspecified atom stereocenters. The molecule has 0 bridgehead atoms. The fourth-order valence-electron chi connectivity index (χ4n) is 1.63. The predicted molar refractivity (Wildman–Crippen MR) is 50.4 cm³/mol. The third kappa shape index (κ3) is 2.45. The molecule has 0 aromatic heterocycles. The Balaban J connectivity index is 2.70. The second-order valence-electron chi connectivity index (χ2n) is 3.71. The van der Waals surface area contributed by atoms with E-state index in [0.717, 1.165) is 13.0 Å². The highest BCUT2D eigenvalue weighted by Gasteiger charge is 2.29. The molecule has 0 aliphatic carbocycles. The number of rotatable bonds is 3. The zero-order valence-electron chi connectivity index (χ0n) is 8.56. The van der Waals surface area contributed by atoms with Gasteiger partial charge in [0.2, 0.25) is 5.91 Å². The van der Waals surface area contributed by atoms with Crippen LogP contribution in [0.4, 0.5) is 0 Å². The fourth-order valence-corrected chi connectivity index (χ4v) is 1.63. The minimum absolute atomic E-state index is 0.0904. The summed E-state index contributed by atoms with van der Waals surface area (Å²) in [7, 11) is 0. The fraction of sp³-hybridized carbons (Fsp3) is 0.778. The summed E-state index contributed by atoms with van der Waals surface area (Å²) in [5.41, 5.74) is 0. The third-order valence-corrected chi connectivity index (χ3v) is 2.26. The number of aliphatic carboxylic acids is 1. The Morgan fingerprint density at radius 3 is 2.71 bits per heavy atom. The second-order valence-corrected chi connectivity index (χ2v) is 3.71. The summed E-state index contributed by atoms with van der Waals surface area (Å²) in [5, 5.41) is 11.8. The van der Waals surface area contributed by atoms with E-state index in [1.807, 2.05) is 18.9 Å². The van der Waals surface area contributed by atoms with E-state index in [4.69, 9.17) is 5.11 Å². The quantitative estimate of drug-likeness (QED) is 0.712. The molecule has 1 heterocycles. The van der Waals surface area contributed by atoms with Crippen molar-refractivity contribution in [2.45, 2.75) is 32.7 Å². The van der Waals surface area contributed by atoms with Crippen LogP contribution in [0.5, 0.6) is 0 Å². The molecule has 1 aliphatic rings. The number of hydrogen-bond donors (Lipinski definition) is 1. The molecule has 0 atom stereocenters. The first kappa shape index (κ1) is 11.0. The minimum atomic E-state index is -0.967. The summed E-state index contributed by atoms with van der Waals surface area (Å²) in [4.78, 5) is 22.0. The Morgan fingerprint density at radius 2 is 2.21 bits per heavy atom. The molecule has 0 aromatic rings. The predicted octanol–water partition coefficient (Wildman–Crippen LogP) is 0.319. The van der Waals surface area contributed by atoms with E-state index in [1.54, 1.807) is 0 Å². The zero-order valence-corrected chi connectivity index (χ0v) is 8.56. The van der Waals surface area contributed by atoms with Gasteiger partial charge in [-0.05, 0) is 20.3 Å². The van der Waals surface area contributed by atoms with Crippen LogP contribution in [0.15, 0.2) is 0 Å². The Hall–Kier alpha value is -1.10. The van der Waals surface area contributed by atoms with Crippen LogP contribution in [-0.2, 0) is 9.59 Å². The van der Waals surface area contributed by atoms with Crippen molar-refractivity contribution in [3.8, 4) is 0 Å². The van der Waals surface area contributed by atoms with Crippen molar-refractivity contribution in [3.63, 3.8) is 0 Å². The lowest BCUT2D eigenvalue weighted by molar-refractivity contribution is -0.167. The molecule has 1 N–H and O–H groups in total. The molecule has 1 fully saturated rings. The SMILES string of the molecule is CC(C)N1CCCC(=O)N1CC(=O)O. The number of carboxylic acids is 1. The minimum Gasteiger partial charge on any atom is -0.480 e. The standard InChI is InChI=1S/C9H16N2O3/c1-7(2)10-5-3-4-8(12)11(10)6-9(13)14/h7H,3-6H2,1-2H3,(H,13,14). The maximum atomic E-state index is 11.5. The van der Waals surface area contributed by atoms with Gasteiger partial charge in [-0.25, -0.2) is 5.01 Å². The molecule has 1 aliphatic heterocycles. The summed E-state index contributed by atoms with van der Waals surface area (Å²) in [6, 6.07) is 0.165. The molecule has 80 valence electrons. The van der Waals surface area contributed by atoms with Crippen LogP contribution in [0, 0.1) is 0 Å². The average Bonchev–Trinajstić information content (AvgIpc) is 2.07. The summed E-state index contributed by atoms with van der Waals surface area (Å²) in [5.74, 6) is -1.06. The molecule has 1 saturated heterocycles. The summed E-state index contributed by atoms with van der Waals surface area (Å²) < 4.78 is 0. The molecule has 5 nitrogen and oxygen atoms in total. The number of amides is 1. The van der Waals surface area contributed by atoms with Crippen LogP contribution in [0.25, 0.3) is 0 Å².